The van der Waals surface area contributed by atoms with Gasteiger partial charge in [0, 0.05) is 31.6 Å². The molecule has 0 aromatic rings. The number of allylic oxidation sites excluding steroid dienone is 3. The summed E-state index contributed by atoms with van der Waals surface area (Å²) in [5, 5.41) is 0. The lowest BCUT2D eigenvalue weighted by atomic mass is 9.87. The summed E-state index contributed by atoms with van der Waals surface area (Å²) in [4.78, 5) is 11.3. The van der Waals surface area contributed by atoms with E-state index in [1.165, 1.54) is 18.8 Å². The Labute approximate surface area is 241 Å². The van der Waals surface area contributed by atoms with Crippen molar-refractivity contribution in [2.75, 3.05) is 20.3 Å². The predicted molar refractivity (Wildman–Crippen MR) is 155 cm³/mol. The molecule has 228 valence electrons. The van der Waals surface area contributed by atoms with Gasteiger partial charge in [-0.3, -0.25) is 0 Å². The Hall–Kier alpha value is -1.54. The first-order valence-corrected chi connectivity index (χ1v) is 15.6. The van der Waals surface area contributed by atoms with Gasteiger partial charge >= 0.3 is 5.97 Å². The van der Waals surface area contributed by atoms with Crippen molar-refractivity contribution in [3.63, 3.8) is 0 Å². The Kier molecular flexibility index (Phi) is 14.9. The molecule has 0 amide bonds. The molecule has 1 aliphatic carbocycles. The van der Waals surface area contributed by atoms with E-state index in [1.54, 1.807) is 0 Å². The van der Waals surface area contributed by atoms with Crippen molar-refractivity contribution in [2.24, 2.45) is 17.8 Å². The normalized spacial score (nSPS) is 30.9. The zero-order valence-corrected chi connectivity index (χ0v) is 25.2. The van der Waals surface area contributed by atoms with Gasteiger partial charge < -0.3 is 23.7 Å². The van der Waals surface area contributed by atoms with Crippen LogP contribution in [-0.4, -0.2) is 57.3 Å². The molecule has 3 fully saturated rings. The van der Waals surface area contributed by atoms with Gasteiger partial charge in [0.1, 0.15) is 6.17 Å². The van der Waals surface area contributed by atoms with Gasteiger partial charge in [-0.1, -0.05) is 43.2 Å². The van der Waals surface area contributed by atoms with Crippen LogP contribution in [-0.2, 0) is 28.5 Å². The maximum atomic E-state index is 15.5. The summed E-state index contributed by atoms with van der Waals surface area (Å²) in [6.45, 7) is 7.90. The second-order valence-electron chi connectivity index (χ2n) is 11.9. The van der Waals surface area contributed by atoms with Crippen molar-refractivity contribution in [1.82, 2.24) is 0 Å². The minimum atomic E-state index is -0.919. The highest BCUT2D eigenvalue weighted by Gasteiger charge is 2.44. The topological polar surface area (TPSA) is 63.2 Å². The molecule has 0 N–H and O–H groups in total. The summed E-state index contributed by atoms with van der Waals surface area (Å²) in [6.07, 6.45) is 19.0. The molecule has 7 heteroatoms. The number of hydrogen-bond donors (Lipinski definition) is 0. The minimum absolute atomic E-state index is 0.0415. The number of unbranched alkanes of at least 4 members (excludes halogenated alkanes) is 2. The molecule has 1 saturated carbocycles. The van der Waals surface area contributed by atoms with Crippen molar-refractivity contribution in [3.05, 3.63) is 36.0 Å². The van der Waals surface area contributed by atoms with Gasteiger partial charge in [0.2, 0.25) is 0 Å². The van der Waals surface area contributed by atoms with Crippen LogP contribution in [0, 0.1) is 17.8 Å². The van der Waals surface area contributed by atoms with Crippen molar-refractivity contribution < 1.29 is 32.9 Å². The molecule has 0 aromatic heterocycles. The quantitative estimate of drug-likeness (QED) is 0.0882. The van der Waals surface area contributed by atoms with Crippen LogP contribution in [0.25, 0.3) is 0 Å². The summed E-state index contributed by atoms with van der Waals surface area (Å²) >= 11 is 0. The van der Waals surface area contributed by atoms with E-state index in [9.17, 15) is 4.79 Å². The number of halogens is 1. The molecule has 0 spiro atoms. The molecule has 2 aliphatic heterocycles. The van der Waals surface area contributed by atoms with Crippen LogP contribution in [0.4, 0.5) is 4.39 Å². The Morgan fingerprint density at radius 2 is 1.77 bits per heavy atom. The molecule has 3 unspecified atom stereocenters. The van der Waals surface area contributed by atoms with E-state index in [0.717, 1.165) is 77.2 Å². The van der Waals surface area contributed by atoms with Crippen LogP contribution in [0.2, 0.25) is 0 Å². The lowest BCUT2D eigenvalue weighted by molar-refractivity contribution is -0.193. The zero-order valence-electron chi connectivity index (χ0n) is 25.2. The van der Waals surface area contributed by atoms with Gasteiger partial charge in [-0.25, -0.2) is 9.18 Å². The van der Waals surface area contributed by atoms with Crippen molar-refractivity contribution in [3.8, 4) is 0 Å². The van der Waals surface area contributed by atoms with E-state index in [0.29, 0.717) is 13.0 Å². The van der Waals surface area contributed by atoms with E-state index in [1.807, 2.05) is 6.08 Å². The third kappa shape index (κ3) is 11.4. The predicted octanol–water partition coefficient (Wildman–Crippen LogP) is 7.62. The summed E-state index contributed by atoms with van der Waals surface area (Å²) in [5.41, 5.74) is 1.29. The Morgan fingerprint density at radius 1 is 1.05 bits per heavy atom. The van der Waals surface area contributed by atoms with Gasteiger partial charge in [0.25, 0.3) is 0 Å². The van der Waals surface area contributed by atoms with Gasteiger partial charge in [-0.2, -0.15) is 0 Å². The SMILES string of the molecule is COC(=O)C=CCCCC[C@@H]1[C@@H](C=C[C@@H](OC2CCCCO2)C(C)CC=C(C)C)[C@H](OC2CCCCO2)C[C@H]1F. The van der Waals surface area contributed by atoms with Crippen LogP contribution >= 0.6 is 0 Å². The molecule has 2 saturated heterocycles. The maximum Gasteiger partial charge on any atom is 0.330 e. The fourth-order valence-electron chi connectivity index (χ4n) is 5.92. The van der Waals surface area contributed by atoms with Crippen LogP contribution in [0.5, 0.6) is 0 Å². The lowest BCUT2D eigenvalue weighted by Crippen LogP contribution is -2.32. The van der Waals surface area contributed by atoms with Crippen LogP contribution in [0.1, 0.15) is 97.8 Å². The molecule has 6 nitrogen and oxygen atoms in total. The van der Waals surface area contributed by atoms with E-state index in [4.69, 9.17) is 18.9 Å². The van der Waals surface area contributed by atoms with Crippen molar-refractivity contribution in [2.45, 2.75) is 129 Å². The molecular weight excluding hydrogens is 511 g/mol. The average Bonchev–Trinajstić information content (AvgIpc) is 3.25. The fraction of sp³-hybridized carbons (Fsp3) is 0.788. The van der Waals surface area contributed by atoms with Crippen molar-refractivity contribution in [1.29, 1.82) is 0 Å². The molecule has 0 radical (unpaired) electrons. The largest absolute Gasteiger partial charge is 0.466 e. The molecule has 40 heavy (non-hydrogen) atoms. The molecule has 2 heterocycles. The van der Waals surface area contributed by atoms with E-state index < -0.39 is 6.17 Å². The van der Waals surface area contributed by atoms with E-state index in [2.05, 4.69) is 43.7 Å². The molecular formula is C33H53FO6. The third-order valence-electron chi connectivity index (χ3n) is 8.35. The number of alkyl halides is 1. The number of carbonyl (C=O) groups is 1. The number of methoxy groups -OCH3 is 1. The summed E-state index contributed by atoms with van der Waals surface area (Å²) in [6, 6.07) is 0. The van der Waals surface area contributed by atoms with Gasteiger partial charge in [-0.15, -0.1) is 0 Å². The number of rotatable bonds is 15. The fourth-order valence-corrected chi connectivity index (χ4v) is 5.92. The number of hydrogen-bond acceptors (Lipinski definition) is 6. The van der Waals surface area contributed by atoms with Crippen molar-refractivity contribution >= 4 is 5.97 Å². The minimum Gasteiger partial charge on any atom is -0.466 e. The maximum absolute atomic E-state index is 15.5. The van der Waals surface area contributed by atoms with Gasteiger partial charge in [-0.05, 0) is 89.9 Å². The van der Waals surface area contributed by atoms with Crippen LogP contribution in [0.15, 0.2) is 36.0 Å². The van der Waals surface area contributed by atoms with E-state index in [-0.39, 0.29) is 48.5 Å². The molecule has 8 atom stereocenters. The molecule has 3 rings (SSSR count). The monoisotopic (exact) mass is 564 g/mol. The highest BCUT2D eigenvalue weighted by Crippen LogP contribution is 2.42. The second-order valence-corrected chi connectivity index (χ2v) is 11.9. The average molecular weight is 565 g/mol. The Morgan fingerprint density at radius 3 is 2.42 bits per heavy atom. The number of esters is 1. The summed E-state index contributed by atoms with van der Waals surface area (Å²) < 4.78 is 44.9. The van der Waals surface area contributed by atoms with Gasteiger partial charge in [0.05, 0.1) is 19.3 Å². The van der Waals surface area contributed by atoms with Crippen LogP contribution < -0.4 is 0 Å². The number of carbonyl (C=O) groups excluding carboxylic acids is 1. The van der Waals surface area contributed by atoms with Crippen LogP contribution in [0.3, 0.4) is 0 Å². The molecule has 3 aliphatic rings. The first-order chi connectivity index (χ1) is 19.4. The third-order valence-corrected chi connectivity index (χ3v) is 8.35. The molecule has 0 aromatic carbocycles. The standard InChI is InChI=1S/C33H53FO6/c1-24(2)17-18-25(3)29(39-32-15-9-11-21-37-32)20-19-27-26(13-7-5-6-8-14-31(35)36-4)28(34)23-30(27)40-33-16-10-12-22-38-33/h8,14,17,19-20,25-30,32-33H,5-7,9-13,15-16,18,21-23H2,1-4H3/t25?,26-,27-,28-,29-,30-,32?,33?/m1/s1. The Bertz CT molecular complexity index is 810. The number of ether oxygens (including phenoxy) is 5. The highest BCUT2D eigenvalue weighted by atomic mass is 19.1. The zero-order chi connectivity index (χ0) is 28.7. The smallest absolute Gasteiger partial charge is 0.330 e. The second kappa shape index (κ2) is 18.1. The van der Waals surface area contributed by atoms with Gasteiger partial charge in [0.15, 0.2) is 12.6 Å². The highest BCUT2D eigenvalue weighted by molar-refractivity contribution is 5.81. The summed E-state index contributed by atoms with van der Waals surface area (Å²) in [7, 11) is 1.37. The first kappa shape index (κ1) is 33.0. The van der Waals surface area contributed by atoms with E-state index >= 15 is 4.39 Å². The Balaban J connectivity index is 1.71. The lowest BCUT2D eigenvalue weighted by Gasteiger charge is -2.31. The first-order valence-electron chi connectivity index (χ1n) is 15.6. The summed E-state index contributed by atoms with van der Waals surface area (Å²) in [5.74, 6) is -0.237. The molecule has 0 bridgehead atoms.